The molecule has 0 atom stereocenters. The summed E-state index contributed by atoms with van der Waals surface area (Å²) in [6.45, 7) is 0. The second-order valence-electron chi connectivity index (χ2n) is 3.83. The Morgan fingerprint density at radius 2 is 1.75 bits per heavy atom. The highest BCUT2D eigenvalue weighted by Crippen LogP contribution is 2.26. The van der Waals surface area contributed by atoms with Crippen LogP contribution in [0, 0.1) is 22.7 Å². The molecule has 0 aliphatic carbocycles. The summed E-state index contributed by atoms with van der Waals surface area (Å²) in [5.74, 6) is -0.627. The van der Waals surface area contributed by atoms with Crippen LogP contribution in [-0.2, 0) is 0 Å². The molecule has 20 heavy (non-hydrogen) atoms. The van der Waals surface area contributed by atoms with E-state index < -0.39 is 5.97 Å². The SMILES string of the molecule is N#Cc1ccc(Oc2ccccc2C(=O)O)cc1C#N. The average molecular weight is 264 g/mol. The molecule has 1 N–H and O–H groups in total. The number of carbonyl (C=O) groups is 1. The van der Waals surface area contributed by atoms with Gasteiger partial charge >= 0.3 is 5.97 Å². The number of carboxylic acids is 1. The zero-order chi connectivity index (χ0) is 14.5. The lowest BCUT2D eigenvalue weighted by molar-refractivity contribution is 0.0694. The maximum Gasteiger partial charge on any atom is 0.339 e. The minimum atomic E-state index is -1.10. The largest absolute Gasteiger partial charge is 0.478 e. The summed E-state index contributed by atoms with van der Waals surface area (Å²) in [5, 5.41) is 26.8. The maximum absolute atomic E-state index is 11.1. The van der Waals surface area contributed by atoms with Gasteiger partial charge in [-0.15, -0.1) is 0 Å². The molecule has 0 bridgehead atoms. The summed E-state index contributed by atoms with van der Waals surface area (Å²) in [7, 11) is 0. The molecule has 0 heterocycles. The van der Waals surface area contributed by atoms with Gasteiger partial charge in [0, 0.05) is 0 Å². The van der Waals surface area contributed by atoms with Crippen molar-refractivity contribution < 1.29 is 14.6 Å². The number of nitrogens with zero attached hydrogens (tertiary/aromatic N) is 2. The standard InChI is InChI=1S/C15H8N2O3/c16-8-10-5-6-12(7-11(10)9-17)20-14-4-2-1-3-13(14)15(18)19/h1-7H,(H,18,19). The van der Waals surface area contributed by atoms with Crippen molar-refractivity contribution in [3.63, 3.8) is 0 Å². The molecule has 0 aliphatic rings. The fourth-order valence-corrected chi connectivity index (χ4v) is 1.64. The summed E-state index contributed by atoms with van der Waals surface area (Å²) in [6, 6.07) is 14.3. The molecular formula is C15H8N2O3. The normalized spacial score (nSPS) is 9.30. The Labute approximate surface area is 114 Å². The number of ether oxygens (including phenoxy) is 1. The summed E-state index contributed by atoms with van der Waals surface area (Å²) in [4.78, 5) is 11.1. The molecule has 0 spiro atoms. The van der Waals surface area contributed by atoms with E-state index in [0.29, 0.717) is 5.75 Å². The summed E-state index contributed by atoms with van der Waals surface area (Å²) >= 11 is 0. The van der Waals surface area contributed by atoms with Crippen molar-refractivity contribution in [3.8, 4) is 23.6 Å². The average Bonchev–Trinajstić information content (AvgIpc) is 2.47. The van der Waals surface area contributed by atoms with Crippen molar-refractivity contribution in [2.75, 3.05) is 0 Å². The van der Waals surface area contributed by atoms with Crippen LogP contribution in [-0.4, -0.2) is 11.1 Å². The fraction of sp³-hybridized carbons (Fsp3) is 0. The summed E-state index contributed by atoms with van der Waals surface area (Å²) in [6.07, 6.45) is 0. The number of rotatable bonds is 3. The van der Waals surface area contributed by atoms with Crippen LogP contribution >= 0.6 is 0 Å². The Bertz CT molecular complexity index is 754. The number of hydrogen-bond donors (Lipinski definition) is 1. The lowest BCUT2D eigenvalue weighted by Gasteiger charge is -2.08. The van der Waals surface area contributed by atoms with Crippen molar-refractivity contribution in [2.24, 2.45) is 0 Å². The Balaban J connectivity index is 2.39. The minimum Gasteiger partial charge on any atom is -0.478 e. The predicted molar refractivity (Wildman–Crippen MR) is 69.3 cm³/mol. The van der Waals surface area contributed by atoms with Gasteiger partial charge in [-0.1, -0.05) is 12.1 Å². The highest BCUT2D eigenvalue weighted by molar-refractivity contribution is 5.90. The topological polar surface area (TPSA) is 94.1 Å². The van der Waals surface area contributed by atoms with Crippen LogP contribution in [0.3, 0.4) is 0 Å². The first kappa shape index (κ1) is 13.1. The number of para-hydroxylation sites is 1. The maximum atomic E-state index is 11.1. The van der Waals surface area contributed by atoms with Crippen LogP contribution in [0.4, 0.5) is 0 Å². The van der Waals surface area contributed by atoms with E-state index in [-0.39, 0.29) is 22.4 Å². The van der Waals surface area contributed by atoms with Gasteiger partial charge in [0.15, 0.2) is 0 Å². The van der Waals surface area contributed by atoms with Gasteiger partial charge in [0.2, 0.25) is 0 Å². The molecule has 0 fully saturated rings. The molecule has 2 aromatic carbocycles. The minimum absolute atomic E-state index is 0.0235. The monoisotopic (exact) mass is 264 g/mol. The molecule has 2 aromatic rings. The number of nitriles is 2. The van der Waals surface area contributed by atoms with Crippen molar-refractivity contribution in [1.82, 2.24) is 0 Å². The van der Waals surface area contributed by atoms with Crippen molar-refractivity contribution in [1.29, 1.82) is 10.5 Å². The first-order valence-electron chi connectivity index (χ1n) is 5.60. The molecule has 96 valence electrons. The van der Waals surface area contributed by atoms with Crippen LogP contribution < -0.4 is 4.74 Å². The van der Waals surface area contributed by atoms with Gasteiger partial charge in [0.1, 0.15) is 29.2 Å². The molecule has 0 saturated heterocycles. The molecule has 0 amide bonds. The van der Waals surface area contributed by atoms with Gasteiger partial charge in [0.05, 0.1) is 11.1 Å². The third-order valence-corrected chi connectivity index (χ3v) is 2.58. The molecule has 0 unspecified atom stereocenters. The summed E-state index contributed by atoms with van der Waals surface area (Å²) < 4.78 is 5.47. The van der Waals surface area contributed by atoms with Gasteiger partial charge in [-0.05, 0) is 30.3 Å². The molecule has 5 heteroatoms. The van der Waals surface area contributed by atoms with E-state index in [1.165, 1.54) is 30.3 Å². The smallest absolute Gasteiger partial charge is 0.339 e. The number of carboxylic acid groups (broad SMARTS) is 1. The Kier molecular flexibility index (Phi) is 3.65. The molecule has 5 nitrogen and oxygen atoms in total. The van der Waals surface area contributed by atoms with E-state index in [1.54, 1.807) is 12.1 Å². The molecule has 0 aliphatic heterocycles. The predicted octanol–water partition coefficient (Wildman–Crippen LogP) is 2.92. The number of hydrogen-bond acceptors (Lipinski definition) is 4. The van der Waals surface area contributed by atoms with Gasteiger partial charge in [0.25, 0.3) is 0 Å². The van der Waals surface area contributed by atoms with Crippen LogP contribution in [0.15, 0.2) is 42.5 Å². The quantitative estimate of drug-likeness (QED) is 0.919. The van der Waals surface area contributed by atoms with Crippen LogP contribution in [0.25, 0.3) is 0 Å². The molecular weight excluding hydrogens is 256 g/mol. The van der Waals surface area contributed by atoms with E-state index in [4.69, 9.17) is 20.4 Å². The van der Waals surface area contributed by atoms with E-state index >= 15 is 0 Å². The van der Waals surface area contributed by atoms with Gasteiger partial charge in [-0.3, -0.25) is 0 Å². The number of aromatic carboxylic acids is 1. The second-order valence-corrected chi connectivity index (χ2v) is 3.83. The molecule has 0 radical (unpaired) electrons. The van der Waals surface area contributed by atoms with E-state index in [2.05, 4.69) is 0 Å². The molecule has 2 rings (SSSR count). The van der Waals surface area contributed by atoms with Crippen molar-refractivity contribution >= 4 is 5.97 Å². The van der Waals surface area contributed by atoms with Crippen LogP contribution in [0.5, 0.6) is 11.5 Å². The second kappa shape index (κ2) is 5.55. The van der Waals surface area contributed by atoms with Crippen LogP contribution in [0.1, 0.15) is 21.5 Å². The third kappa shape index (κ3) is 2.58. The van der Waals surface area contributed by atoms with Crippen LogP contribution in [0.2, 0.25) is 0 Å². The highest BCUT2D eigenvalue weighted by atomic mass is 16.5. The first-order chi connectivity index (χ1) is 9.65. The molecule has 0 saturated carbocycles. The Morgan fingerprint density at radius 1 is 1.05 bits per heavy atom. The Morgan fingerprint density at radius 3 is 2.40 bits per heavy atom. The highest BCUT2D eigenvalue weighted by Gasteiger charge is 2.12. The molecule has 0 aromatic heterocycles. The first-order valence-corrected chi connectivity index (χ1v) is 5.60. The fourth-order valence-electron chi connectivity index (χ4n) is 1.64. The third-order valence-electron chi connectivity index (χ3n) is 2.58. The van der Waals surface area contributed by atoms with Gasteiger partial charge < -0.3 is 9.84 Å². The van der Waals surface area contributed by atoms with Gasteiger partial charge in [-0.25, -0.2) is 4.79 Å². The number of benzene rings is 2. The van der Waals surface area contributed by atoms with Crippen molar-refractivity contribution in [2.45, 2.75) is 0 Å². The lowest BCUT2D eigenvalue weighted by atomic mass is 10.1. The zero-order valence-corrected chi connectivity index (χ0v) is 10.2. The van der Waals surface area contributed by atoms with Gasteiger partial charge in [-0.2, -0.15) is 10.5 Å². The van der Waals surface area contributed by atoms with E-state index in [1.807, 2.05) is 12.1 Å². The lowest BCUT2D eigenvalue weighted by Crippen LogP contribution is -1.99. The summed E-state index contributed by atoms with van der Waals surface area (Å²) in [5.41, 5.74) is 0.444. The van der Waals surface area contributed by atoms with E-state index in [0.717, 1.165) is 0 Å². The zero-order valence-electron chi connectivity index (χ0n) is 10.2. The van der Waals surface area contributed by atoms with Crippen molar-refractivity contribution in [3.05, 3.63) is 59.2 Å². The van der Waals surface area contributed by atoms with E-state index in [9.17, 15) is 4.79 Å². The Hall–Kier alpha value is -3.31.